The Balaban J connectivity index is 2.06. The highest BCUT2D eigenvalue weighted by molar-refractivity contribution is 6.31. The first-order chi connectivity index (χ1) is 18.5. The van der Waals surface area contributed by atoms with E-state index < -0.39 is 5.97 Å². The zero-order valence-corrected chi connectivity index (χ0v) is 24.1. The maximum atomic E-state index is 12.7. The van der Waals surface area contributed by atoms with Gasteiger partial charge < -0.3 is 14.6 Å². The summed E-state index contributed by atoms with van der Waals surface area (Å²) in [6.45, 7) is 7.98. The summed E-state index contributed by atoms with van der Waals surface area (Å²) in [6.07, 6.45) is 2.01. The first kappa shape index (κ1) is 28.4. The quantitative estimate of drug-likeness (QED) is 0.237. The molecule has 2 aromatic carbocycles. The van der Waals surface area contributed by atoms with Gasteiger partial charge in [-0.15, -0.1) is 0 Å². The van der Waals surface area contributed by atoms with E-state index in [0.29, 0.717) is 33.4 Å². The molecule has 0 aliphatic heterocycles. The van der Waals surface area contributed by atoms with Gasteiger partial charge in [-0.2, -0.15) is 10.1 Å². The Kier molecular flexibility index (Phi) is 8.47. The average molecular weight is 569 g/mol. The van der Waals surface area contributed by atoms with Gasteiger partial charge in [-0.05, 0) is 72.7 Å². The molecule has 0 saturated heterocycles. The lowest BCUT2D eigenvalue weighted by molar-refractivity contribution is 0.0688. The summed E-state index contributed by atoms with van der Waals surface area (Å²) in [6, 6.07) is 11.5. The van der Waals surface area contributed by atoms with Crippen LogP contribution in [0.25, 0.3) is 5.69 Å². The Hall–Kier alpha value is -3.62. The van der Waals surface area contributed by atoms with Crippen molar-refractivity contribution in [3.8, 4) is 17.6 Å². The normalized spacial score (nSPS) is 12.0. The van der Waals surface area contributed by atoms with E-state index in [4.69, 9.17) is 32.7 Å². The first-order valence-electron chi connectivity index (χ1n) is 12.4. The molecule has 4 aromatic rings. The van der Waals surface area contributed by atoms with Gasteiger partial charge in [0.15, 0.2) is 5.69 Å². The molecular formula is C29H30Cl2N4O4. The monoisotopic (exact) mass is 568 g/mol. The van der Waals surface area contributed by atoms with Crippen molar-refractivity contribution in [3.63, 3.8) is 0 Å². The van der Waals surface area contributed by atoms with Gasteiger partial charge in [-0.3, -0.25) is 0 Å². The van der Waals surface area contributed by atoms with Gasteiger partial charge in [0, 0.05) is 21.5 Å². The van der Waals surface area contributed by atoms with E-state index in [-0.39, 0.29) is 29.4 Å². The largest absolute Gasteiger partial charge is 0.479 e. The minimum atomic E-state index is -1.14. The van der Waals surface area contributed by atoms with E-state index >= 15 is 0 Å². The predicted molar refractivity (Wildman–Crippen MR) is 151 cm³/mol. The van der Waals surface area contributed by atoms with E-state index in [0.717, 1.165) is 22.3 Å². The number of methoxy groups -OCH3 is 2. The smallest absolute Gasteiger partial charge is 0.356 e. The molecule has 1 unspecified atom stereocenters. The number of aromatic nitrogens is 4. The lowest BCUT2D eigenvalue weighted by atomic mass is 9.80. The molecule has 1 atom stereocenters. The zero-order valence-electron chi connectivity index (χ0n) is 22.6. The second-order valence-corrected chi connectivity index (χ2v) is 10.5. The van der Waals surface area contributed by atoms with Gasteiger partial charge in [-0.25, -0.2) is 14.5 Å². The molecule has 0 aliphatic rings. The van der Waals surface area contributed by atoms with Crippen molar-refractivity contribution < 1.29 is 19.4 Å². The maximum Gasteiger partial charge on any atom is 0.356 e. The van der Waals surface area contributed by atoms with E-state index in [2.05, 4.69) is 15.1 Å². The third kappa shape index (κ3) is 5.72. The number of nitrogens with zero attached hydrogens (tertiary/aromatic N) is 4. The third-order valence-corrected chi connectivity index (χ3v) is 7.19. The minimum Gasteiger partial charge on any atom is -0.479 e. The molecule has 2 heterocycles. The van der Waals surface area contributed by atoms with Crippen LogP contribution in [0.15, 0.2) is 42.6 Å². The molecule has 0 aliphatic carbocycles. The molecule has 0 spiro atoms. The Morgan fingerprint density at radius 1 is 1.03 bits per heavy atom. The van der Waals surface area contributed by atoms with Crippen LogP contribution in [-0.2, 0) is 6.42 Å². The standard InChI is InChI=1S/C29H30Cl2N4O4/c1-15(2)26-24(25(28(36)37)34-35(26)23-14-32-29(39-6)33-27(23)38-5)22(21-10-9-19(30)11-17(21)4)13-18-12-20(31)8-7-16(18)3/h7-12,14-15,22H,13H2,1-6H3,(H,36,37). The molecule has 10 heteroatoms. The van der Waals surface area contributed by atoms with Crippen LogP contribution < -0.4 is 9.47 Å². The van der Waals surface area contributed by atoms with Gasteiger partial charge in [0.1, 0.15) is 5.69 Å². The molecule has 0 amide bonds. The predicted octanol–water partition coefficient (Wildman–Crippen LogP) is 6.80. The highest BCUT2D eigenvalue weighted by atomic mass is 35.5. The van der Waals surface area contributed by atoms with Crippen molar-refractivity contribution in [2.75, 3.05) is 14.2 Å². The van der Waals surface area contributed by atoms with Crippen molar-refractivity contribution in [3.05, 3.63) is 91.8 Å². The fourth-order valence-corrected chi connectivity index (χ4v) is 5.32. The fourth-order valence-electron chi connectivity index (χ4n) is 4.90. The Labute approximate surface area is 237 Å². The molecule has 39 heavy (non-hydrogen) atoms. The van der Waals surface area contributed by atoms with Crippen molar-refractivity contribution in [2.24, 2.45) is 0 Å². The molecule has 0 radical (unpaired) electrons. The topological polar surface area (TPSA) is 99.4 Å². The van der Waals surface area contributed by atoms with Crippen LogP contribution in [0.2, 0.25) is 10.0 Å². The Morgan fingerprint density at radius 3 is 2.33 bits per heavy atom. The van der Waals surface area contributed by atoms with Crippen LogP contribution in [0.5, 0.6) is 11.9 Å². The summed E-state index contributed by atoms with van der Waals surface area (Å²) in [7, 11) is 2.93. The van der Waals surface area contributed by atoms with Gasteiger partial charge in [0.2, 0.25) is 5.88 Å². The lowest BCUT2D eigenvalue weighted by Gasteiger charge is -2.24. The molecule has 0 fully saturated rings. The number of aryl methyl sites for hydroxylation is 2. The van der Waals surface area contributed by atoms with E-state index in [1.807, 2.05) is 64.1 Å². The number of halogens is 2. The highest BCUT2D eigenvalue weighted by Gasteiger charge is 2.33. The number of hydrogen-bond donors (Lipinski definition) is 1. The summed E-state index contributed by atoms with van der Waals surface area (Å²) < 4.78 is 12.2. The third-order valence-electron chi connectivity index (χ3n) is 6.72. The van der Waals surface area contributed by atoms with E-state index in [1.165, 1.54) is 20.4 Å². The van der Waals surface area contributed by atoms with E-state index in [9.17, 15) is 9.90 Å². The fraction of sp³-hybridized carbons (Fsp3) is 0.310. The molecule has 204 valence electrons. The maximum absolute atomic E-state index is 12.7. The molecule has 1 N–H and O–H groups in total. The van der Waals surface area contributed by atoms with Crippen LogP contribution >= 0.6 is 23.2 Å². The summed E-state index contributed by atoms with van der Waals surface area (Å²) in [5.74, 6) is -1.43. The first-order valence-corrected chi connectivity index (χ1v) is 13.1. The van der Waals surface area contributed by atoms with Gasteiger partial charge in [-0.1, -0.05) is 49.2 Å². The van der Waals surface area contributed by atoms with Crippen molar-refractivity contribution in [1.82, 2.24) is 19.7 Å². The van der Waals surface area contributed by atoms with Gasteiger partial charge >= 0.3 is 12.0 Å². The summed E-state index contributed by atoms with van der Waals surface area (Å²) in [5.41, 5.74) is 5.59. The molecule has 0 bridgehead atoms. The molecule has 2 aromatic heterocycles. The number of benzene rings is 2. The number of hydrogen-bond acceptors (Lipinski definition) is 6. The van der Waals surface area contributed by atoms with Crippen LogP contribution in [0.4, 0.5) is 0 Å². The average Bonchev–Trinajstić information content (AvgIpc) is 3.30. The van der Waals surface area contributed by atoms with Crippen LogP contribution in [0.3, 0.4) is 0 Å². The van der Waals surface area contributed by atoms with Gasteiger partial charge in [0.05, 0.1) is 26.1 Å². The second-order valence-electron chi connectivity index (χ2n) is 9.60. The Morgan fingerprint density at radius 2 is 1.72 bits per heavy atom. The van der Waals surface area contributed by atoms with Crippen molar-refractivity contribution >= 4 is 29.2 Å². The number of carboxylic acid groups (broad SMARTS) is 1. The van der Waals surface area contributed by atoms with Crippen molar-refractivity contribution in [1.29, 1.82) is 0 Å². The minimum absolute atomic E-state index is 0.0596. The number of carboxylic acids is 1. The molecular weight excluding hydrogens is 539 g/mol. The molecule has 8 nitrogen and oxygen atoms in total. The number of ether oxygens (including phenoxy) is 2. The SMILES string of the molecule is COc1ncc(-n2nc(C(=O)O)c(C(Cc3cc(Cl)ccc3C)c3ccc(Cl)cc3C)c2C(C)C)c(OC)n1. The molecule has 4 rings (SSSR count). The lowest BCUT2D eigenvalue weighted by Crippen LogP contribution is -2.15. The van der Waals surface area contributed by atoms with E-state index in [1.54, 1.807) is 4.68 Å². The summed E-state index contributed by atoms with van der Waals surface area (Å²) in [5, 5.41) is 16.2. The van der Waals surface area contributed by atoms with Crippen LogP contribution in [0, 0.1) is 13.8 Å². The number of rotatable bonds is 9. The Bertz CT molecular complexity index is 1530. The highest BCUT2D eigenvalue weighted by Crippen LogP contribution is 2.40. The molecule has 0 saturated carbocycles. The second kappa shape index (κ2) is 11.6. The summed E-state index contributed by atoms with van der Waals surface area (Å²) >= 11 is 12.7. The number of aromatic carboxylic acids is 1. The number of carbonyl (C=O) groups is 1. The summed E-state index contributed by atoms with van der Waals surface area (Å²) in [4.78, 5) is 21.3. The van der Waals surface area contributed by atoms with Crippen LogP contribution in [-0.4, -0.2) is 45.0 Å². The zero-order chi connectivity index (χ0) is 28.4. The van der Waals surface area contributed by atoms with Crippen LogP contribution in [0.1, 0.15) is 69.7 Å². The van der Waals surface area contributed by atoms with Gasteiger partial charge in [0.25, 0.3) is 0 Å². The van der Waals surface area contributed by atoms with Crippen molar-refractivity contribution in [2.45, 2.75) is 46.0 Å².